The Morgan fingerprint density at radius 2 is 2.04 bits per heavy atom. The molecule has 1 N–H and O–H groups in total. The van der Waals surface area contributed by atoms with E-state index >= 15 is 0 Å². The molecule has 2 rings (SSSR count). The molecule has 0 radical (unpaired) electrons. The van der Waals surface area contributed by atoms with Crippen molar-refractivity contribution in [1.29, 1.82) is 0 Å². The fourth-order valence-corrected chi connectivity index (χ4v) is 3.14. The fourth-order valence-electron chi connectivity index (χ4n) is 2.72. The molecular weight excluding hydrogens is 351 g/mol. The molecule has 0 aromatic heterocycles. The lowest BCUT2D eigenvalue weighted by Gasteiger charge is -2.35. The second-order valence-electron chi connectivity index (χ2n) is 5.42. The molecule has 1 aromatic rings. The average molecular weight is 371 g/mol. The first-order chi connectivity index (χ1) is 11.4. The summed E-state index contributed by atoms with van der Waals surface area (Å²) in [5, 5.41) is 3.49. The number of halogens is 2. The van der Waals surface area contributed by atoms with Crippen molar-refractivity contribution in [3.8, 4) is 0 Å². The smallest absolute Gasteiger partial charge is 0.338 e. The Kier molecular flexibility index (Phi) is 6.13. The standard InChI is InChI=1S/C17H20Cl2N2O3/c1-4-7-12-13(16(22)24-5-2)15(20-17(23)21(12)3)10-8-6-9-11(18)14(10)19/h6,8-9,15H,4-5,7H2,1-3H3,(H,20,23). The van der Waals surface area contributed by atoms with Crippen LogP contribution in [0.15, 0.2) is 29.5 Å². The van der Waals surface area contributed by atoms with E-state index in [1.165, 1.54) is 4.90 Å². The molecule has 1 aliphatic heterocycles. The zero-order valence-electron chi connectivity index (χ0n) is 13.9. The van der Waals surface area contributed by atoms with Gasteiger partial charge in [-0.25, -0.2) is 9.59 Å². The number of allylic oxidation sites excluding steroid dienone is 1. The number of nitrogens with zero attached hydrogens (tertiary/aromatic N) is 1. The normalized spacial score (nSPS) is 17.8. The topological polar surface area (TPSA) is 58.6 Å². The van der Waals surface area contributed by atoms with Crippen LogP contribution in [0.1, 0.15) is 38.3 Å². The molecule has 5 nitrogen and oxygen atoms in total. The van der Waals surface area contributed by atoms with Gasteiger partial charge in [0.2, 0.25) is 0 Å². The van der Waals surface area contributed by atoms with Crippen LogP contribution in [0.25, 0.3) is 0 Å². The van der Waals surface area contributed by atoms with Crippen molar-refractivity contribution < 1.29 is 14.3 Å². The summed E-state index contributed by atoms with van der Waals surface area (Å²) in [4.78, 5) is 26.4. The number of urea groups is 1. The summed E-state index contributed by atoms with van der Waals surface area (Å²) in [5.41, 5.74) is 1.60. The molecule has 0 aliphatic carbocycles. The minimum Gasteiger partial charge on any atom is -0.463 e. The van der Waals surface area contributed by atoms with E-state index in [1.807, 2.05) is 6.92 Å². The zero-order valence-corrected chi connectivity index (χ0v) is 15.4. The predicted molar refractivity (Wildman–Crippen MR) is 94.1 cm³/mol. The van der Waals surface area contributed by atoms with Gasteiger partial charge in [0, 0.05) is 12.7 Å². The number of esters is 1. The Labute approximate surface area is 151 Å². The van der Waals surface area contributed by atoms with Crippen molar-refractivity contribution in [3.63, 3.8) is 0 Å². The maximum Gasteiger partial charge on any atom is 0.338 e. The van der Waals surface area contributed by atoms with Crippen molar-refractivity contribution in [2.75, 3.05) is 13.7 Å². The molecule has 0 spiro atoms. The highest BCUT2D eigenvalue weighted by Crippen LogP contribution is 2.38. The third kappa shape index (κ3) is 3.52. The highest BCUT2D eigenvalue weighted by atomic mass is 35.5. The minimum atomic E-state index is -0.694. The molecule has 0 bridgehead atoms. The Morgan fingerprint density at radius 3 is 2.67 bits per heavy atom. The molecule has 130 valence electrons. The van der Waals surface area contributed by atoms with Gasteiger partial charge in [-0.15, -0.1) is 0 Å². The number of hydrogen-bond acceptors (Lipinski definition) is 3. The Morgan fingerprint density at radius 1 is 1.33 bits per heavy atom. The monoisotopic (exact) mass is 370 g/mol. The van der Waals surface area contributed by atoms with E-state index in [0.29, 0.717) is 33.3 Å². The second kappa shape index (κ2) is 7.90. The number of amides is 2. The molecule has 1 aliphatic rings. The maximum absolute atomic E-state index is 12.6. The Hall–Kier alpha value is -1.72. The molecule has 2 amide bonds. The van der Waals surface area contributed by atoms with Crippen LogP contribution in [0.4, 0.5) is 4.79 Å². The highest BCUT2D eigenvalue weighted by molar-refractivity contribution is 6.42. The van der Waals surface area contributed by atoms with Gasteiger partial charge in [-0.2, -0.15) is 0 Å². The van der Waals surface area contributed by atoms with Gasteiger partial charge >= 0.3 is 12.0 Å². The van der Waals surface area contributed by atoms with Crippen LogP contribution in [0.3, 0.4) is 0 Å². The van der Waals surface area contributed by atoms with Crippen molar-refractivity contribution in [1.82, 2.24) is 10.2 Å². The third-order valence-corrected chi connectivity index (χ3v) is 4.69. The van der Waals surface area contributed by atoms with Crippen LogP contribution in [0.2, 0.25) is 10.0 Å². The molecule has 1 heterocycles. The lowest BCUT2D eigenvalue weighted by molar-refractivity contribution is -0.139. The summed E-state index contributed by atoms with van der Waals surface area (Å²) >= 11 is 12.4. The number of hydrogen-bond donors (Lipinski definition) is 1. The summed E-state index contributed by atoms with van der Waals surface area (Å²) in [7, 11) is 1.63. The van der Waals surface area contributed by atoms with Gasteiger partial charge in [-0.3, -0.25) is 0 Å². The minimum absolute atomic E-state index is 0.245. The van der Waals surface area contributed by atoms with Crippen LogP contribution in [0, 0.1) is 0 Å². The molecular formula is C17H20Cl2N2O3. The van der Waals surface area contributed by atoms with Crippen LogP contribution in [0.5, 0.6) is 0 Å². The predicted octanol–water partition coefficient (Wildman–Crippen LogP) is 4.31. The number of nitrogens with one attached hydrogen (secondary N) is 1. The van der Waals surface area contributed by atoms with E-state index in [2.05, 4.69) is 5.32 Å². The quantitative estimate of drug-likeness (QED) is 0.785. The van der Waals surface area contributed by atoms with Gasteiger partial charge in [-0.05, 0) is 25.0 Å². The Balaban J connectivity index is 2.64. The molecule has 1 aromatic carbocycles. The lowest BCUT2D eigenvalue weighted by atomic mass is 9.93. The van der Waals surface area contributed by atoms with Crippen molar-refractivity contribution in [3.05, 3.63) is 45.1 Å². The van der Waals surface area contributed by atoms with Crippen LogP contribution in [-0.2, 0) is 9.53 Å². The van der Waals surface area contributed by atoms with E-state index in [-0.39, 0.29) is 12.6 Å². The number of ether oxygens (including phenoxy) is 1. The highest BCUT2D eigenvalue weighted by Gasteiger charge is 2.37. The number of benzene rings is 1. The SMILES string of the molecule is CCCC1=C(C(=O)OCC)C(c2cccc(Cl)c2Cl)NC(=O)N1C. The first-order valence-corrected chi connectivity index (χ1v) is 8.56. The number of carbonyl (C=O) groups is 2. The van der Waals surface area contributed by atoms with Crippen molar-refractivity contribution in [2.45, 2.75) is 32.7 Å². The third-order valence-electron chi connectivity index (χ3n) is 3.85. The Bertz CT molecular complexity index is 688. The first kappa shape index (κ1) is 18.6. The van der Waals surface area contributed by atoms with Gasteiger partial charge in [0.25, 0.3) is 0 Å². The van der Waals surface area contributed by atoms with Crippen molar-refractivity contribution >= 4 is 35.2 Å². The molecule has 0 fully saturated rings. The van der Waals surface area contributed by atoms with Gasteiger partial charge in [0.05, 0.1) is 28.3 Å². The maximum atomic E-state index is 12.6. The van der Waals surface area contributed by atoms with E-state index in [1.54, 1.807) is 32.2 Å². The van der Waals surface area contributed by atoms with Gasteiger partial charge in [0.1, 0.15) is 0 Å². The van der Waals surface area contributed by atoms with Gasteiger partial charge in [-0.1, -0.05) is 48.7 Å². The van der Waals surface area contributed by atoms with E-state index in [9.17, 15) is 9.59 Å². The largest absolute Gasteiger partial charge is 0.463 e. The average Bonchev–Trinajstić information content (AvgIpc) is 2.54. The first-order valence-electron chi connectivity index (χ1n) is 7.80. The summed E-state index contributed by atoms with van der Waals surface area (Å²) in [6.45, 7) is 3.97. The van der Waals surface area contributed by atoms with Gasteiger partial charge in [0.15, 0.2) is 0 Å². The summed E-state index contributed by atoms with van der Waals surface area (Å²) in [6, 6.07) is 4.14. The van der Waals surface area contributed by atoms with E-state index in [0.717, 1.165) is 6.42 Å². The fraction of sp³-hybridized carbons (Fsp3) is 0.412. The molecule has 7 heteroatoms. The lowest BCUT2D eigenvalue weighted by Crippen LogP contribution is -2.47. The van der Waals surface area contributed by atoms with E-state index in [4.69, 9.17) is 27.9 Å². The number of rotatable bonds is 5. The summed E-state index contributed by atoms with van der Waals surface area (Å²) in [6.07, 6.45) is 1.36. The molecule has 1 atom stereocenters. The van der Waals surface area contributed by atoms with Gasteiger partial charge < -0.3 is 15.0 Å². The summed E-state index contributed by atoms with van der Waals surface area (Å²) in [5.74, 6) is -0.464. The molecule has 0 saturated heterocycles. The zero-order chi connectivity index (χ0) is 17.9. The van der Waals surface area contributed by atoms with Crippen LogP contribution >= 0.6 is 23.2 Å². The van der Waals surface area contributed by atoms with Crippen molar-refractivity contribution in [2.24, 2.45) is 0 Å². The molecule has 1 unspecified atom stereocenters. The second-order valence-corrected chi connectivity index (χ2v) is 6.20. The number of carbonyl (C=O) groups excluding carboxylic acids is 2. The van der Waals surface area contributed by atoms with E-state index < -0.39 is 12.0 Å². The summed E-state index contributed by atoms with van der Waals surface area (Å²) < 4.78 is 5.21. The molecule has 24 heavy (non-hydrogen) atoms. The molecule has 0 saturated carbocycles. The van der Waals surface area contributed by atoms with Crippen LogP contribution in [-0.4, -0.2) is 30.6 Å². The van der Waals surface area contributed by atoms with Crippen LogP contribution < -0.4 is 5.32 Å².